The van der Waals surface area contributed by atoms with Crippen LogP contribution in [0.2, 0.25) is 0 Å². The van der Waals surface area contributed by atoms with E-state index in [0.29, 0.717) is 11.3 Å². The molecule has 2 aromatic carbocycles. The number of hydrogen-bond acceptors (Lipinski definition) is 3. The molecule has 0 aliphatic carbocycles. The minimum atomic E-state index is -4.59. The van der Waals surface area contributed by atoms with Gasteiger partial charge in [-0.05, 0) is 18.2 Å². The number of fused-ring (bicyclic) bond motifs is 1. The van der Waals surface area contributed by atoms with Crippen molar-refractivity contribution in [3.05, 3.63) is 76.8 Å². The van der Waals surface area contributed by atoms with E-state index in [9.17, 15) is 13.2 Å². The van der Waals surface area contributed by atoms with Crippen LogP contribution in [0.1, 0.15) is 5.56 Å². The Bertz CT molecular complexity index is 1170. The van der Waals surface area contributed by atoms with Crippen LogP contribution in [-0.4, -0.2) is 9.97 Å². The number of hydrogen-bond donors (Lipinski definition) is 1. The second kappa shape index (κ2) is 6.91. The third-order valence-corrected chi connectivity index (χ3v) is 5.02. The lowest BCUT2D eigenvalue weighted by molar-refractivity contribution is -0.136. The Balaban J connectivity index is 2.04. The molecule has 4 rings (SSSR count). The Kier molecular flexibility index (Phi) is 4.55. The number of benzene rings is 2. The molecule has 0 radical (unpaired) electrons. The molecule has 0 saturated heterocycles. The van der Waals surface area contributed by atoms with Gasteiger partial charge in [0.2, 0.25) is 0 Å². The number of nitrogens with zero attached hydrogens (tertiary/aromatic N) is 2. The molecule has 2 aromatic heterocycles. The fourth-order valence-electron chi connectivity index (χ4n) is 3.05. The molecule has 0 atom stereocenters. The van der Waals surface area contributed by atoms with Crippen molar-refractivity contribution in [3.8, 4) is 22.5 Å². The Morgan fingerprint density at radius 3 is 2.14 bits per heavy atom. The van der Waals surface area contributed by atoms with Crippen molar-refractivity contribution in [1.29, 1.82) is 0 Å². The van der Waals surface area contributed by atoms with E-state index in [0.717, 1.165) is 16.1 Å². The maximum atomic E-state index is 13.8. The van der Waals surface area contributed by atoms with E-state index < -0.39 is 11.7 Å². The van der Waals surface area contributed by atoms with Crippen LogP contribution < -0.4 is 5.73 Å². The van der Waals surface area contributed by atoms with E-state index >= 15 is 0 Å². The average Bonchev–Trinajstić information content (AvgIpc) is 2.67. The first-order valence-corrected chi connectivity index (χ1v) is 9.12. The van der Waals surface area contributed by atoms with E-state index in [1.54, 1.807) is 30.3 Å². The van der Waals surface area contributed by atoms with Gasteiger partial charge in [0.1, 0.15) is 0 Å². The summed E-state index contributed by atoms with van der Waals surface area (Å²) < 4.78 is 42.0. The van der Waals surface area contributed by atoms with Crippen LogP contribution in [0.5, 0.6) is 0 Å². The monoisotopic (exact) mass is 443 g/mol. The molecule has 140 valence electrons. The molecule has 4 aromatic rings. The Morgan fingerprint density at radius 2 is 1.46 bits per heavy atom. The Hall–Kier alpha value is -2.93. The summed E-state index contributed by atoms with van der Waals surface area (Å²) in [6.07, 6.45) is -4.59. The summed E-state index contributed by atoms with van der Waals surface area (Å²) in [5.41, 5.74) is 7.06. The van der Waals surface area contributed by atoms with E-state index in [2.05, 4.69) is 25.9 Å². The summed E-state index contributed by atoms with van der Waals surface area (Å²) in [6.45, 7) is 0. The molecule has 0 aliphatic rings. The van der Waals surface area contributed by atoms with Gasteiger partial charge in [0, 0.05) is 21.3 Å². The molecule has 0 unspecified atom stereocenters. The van der Waals surface area contributed by atoms with Crippen molar-refractivity contribution in [2.45, 2.75) is 6.18 Å². The quantitative estimate of drug-likeness (QED) is 0.393. The highest BCUT2D eigenvalue weighted by molar-refractivity contribution is 9.10. The summed E-state index contributed by atoms with van der Waals surface area (Å²) in [6, 6.07) is 18.4. The molecule has 2 N–H and O–H groups in total. The van der Waals surface area contributed by atoms with Gasteiger partial charge in [0.25, 0.3) is 0 Å². The molecule has 2 heterocycles. The zero-order chi connectivity index (χ0) is 19.9. The normalized spacial score (nSPS) is 11.7. The van der Waals surface area contributed by atoms with Gasteiger partial charge in [0.05, 0.1) is 22.3 Å². The van der Waals surface area contributed by atoms with Crippen molar-refractivity contribution < 1.29 is 13.2 Å². The highest BCUT2D eigenvalue weighted by Gasteiger charge is 2.35. The summed E-state index contributed by atoms with van der Waals surface area (Å²) in [5.74, 6) is 0. The number of aromatic nitrogens is 2. The van der Waals surface area contributed by atoms with Crippen LogP contribution in [0.4, 0.5) is 18.9 Å². The summed E-state index contributed by atoms with van der Waals surface area (Å²) >= 11 is 3.44. The van der Waals surface area contributed by atoms with E-state index in [1.807, 2.05) is 24.3 Å². The van der Waals surface area contributed by atoms with Crippen LogP contribution in [0.3, 0.4) is 0 Å². The Morgan fingerprint density at radius 1 is 0.821 bits per heavy atom. The average molecular weight is 444 g/mol. The first kappa shape index (κ1) is 18.4. The molecular weight excluding hydrogens is 431 g/mol. The van der Waals surface area contributed by atoms with Gasteiger partial charge in [0.15, 0.2) is 5.65 Å². The number of nitrogen functional groups attached to an aromatic ring is 1. The topological polar surface area (TPSA) is 51.8 Å². The lowest BCUT2D eigenvalue weighted by Crippen LogP contribution is -2.09. The fraction of sp³-hybridized carbons (Fsp3) is 0.0476. The predicted molar refractivity (Wildman–Crippen MR) is 108 cm³/mol. The first-order chi connectivity index (χ1) is 13.3. The smallest absolute Gasteiger partial charge is 0.398 e. The molecule has 28 heavy (non-hydrogen) atoms. The minimum Gasteiger partial charge on any atom is -0.398 e. The van der Waals surface area contributed by atoms with Crippen LogP contribution in [0.25, 0.3) is 33.5 Å². The van der Waals surface area contributed by atoms with Crippen LogP contribution >= 0.6 is 15.9 Å². The van der Waals surface area contributed by atoms with Crippen molar-refractivity contribution in [1.82, 2.24) is 9.97 Å². The van der Waals surface area contributed by atoms with Crippen LogP contribution in [0.15, 0.2) is 71.2 Å². The third kappa shape index (κ3) is 3.33. The second-order valence-corrected chi connectivity index (χ2v) is 7.05. The number of halogens is 4. The second-order valence-electron chi connectivity index (χ2n) is 6.19. The number of nitrogens with two attached hydrogens (primary N) is 1. The fourth-order valence-corrected chi connectivity index (χ4v) is 3.54. The summed E-state index contributed by atoms with van der Waals surface area (Å²) in [7, 11) is 0. The Labute approximate surface area is 167 Å². The van der Waals surface area contributed by atoms with Crippen LogP contribution in [0, 0.1) is 0 Å². The SMILES string of the molecule is Nc1cc(-c2ccccc2Br)nc2nc(-c3ccccc3)cc(C(F)(F)F)c12. The van der Waals surface area contributed by atoms with Gasteiger partial charge in [-0.25, -0.2) is 9.97 Å². The number of rotatable bonds is 2. The van der Waals surface area contributed by atoms with Crippen molar-refractivity contribution in [2.75, 3.05) is 5.73 Å². The van der Waals surface area contributed by atoms with Crippen LogP contribution in [-0.2, 0) is 6.18 Å². The van der Waals surface area contributed by atoms with Crippen molar-refractivity contribution in [3.63, 3.8) is 0 Å². The van der Waals surface area contributed by atoms with Gasteiger partial charge < -0.3 is 5.73 Å². The number of anilines is 1. The molecule has 0 bridgehead atoms. The van der Waals surface area contributed by atoms with Gasteiger partial charge in [-0.3, -0.25) is 0 Å². The molecule has 0 aliphatic heterocycles. The zero-order valence-corrected chi connectivity index (χ0v) is 15.9. The van der Waals surface area contributed by atoms with Gasteiger partial charge in [-0.1, -0.05) is 64.5 Å². The largest absolute Gasteiger partial charge is 0.417 e. The maximum absolute atomic E-state index is 13.8. The molecule has 0 saturated carbocycles. The summed E-state index contributed by atoms with van der Waals surface area (Å²) in [5, 5.41) is -0.192. The lowest BCUT2D eigenvalue weighted by Gasteiger charge is -2.15. The highest BCUT2D eigenvalue weighted by atomic mass is 79.9. The molecule has 7 heteroatoms. The zero-order valence-electron chi connectivity index (χ0n) is 14.3. The molecular formula is C21H13BrF3N3. The van der Waals surface area contributed by atoms with Crippen molar-refractivity contribution >= 4 is 32.7 Å². The van der Waals surface area contributed by atoms with Crippen molar-refractivity contribution in [2.24, 2.45) is 0 Å². The third-order valence-electron chi connectivity index (χ3n) is 4.33. The van der Waals surface area contributed by atoms with Gasteiger partial charge in [-0.2, -0.15) is 13.2 Å². The molecule has 3 nitrogen and oxygen atoms in total. The summed E-state index contributed by atoms with van der Waals surface area (Å²) in [4.78, 5) is 8.80. The molecule has 0 fully saturated rings. The minimum absolute atomic E-state index is 0.0183. The predicted octanol–water partition coefficient (Wildman–Crippen LogP) is 6.33. The number of pyridine rings is 2. The number of alkyl halides is 3. The van der Waals surface area contributed by atoms with E-state index in [-0.39, 0.29) is 22.4 Å². The molecule has 0 amide bonds. The first-order valence-electron chi connectivity index (χ1n) is 8.33. The highest BCUT2D eigenvalue weighted by Crippen LogP contribution is 2.40. The molecule has 0 spiro atoms. The maximum Gasteiger partial charge on any atom is 0.417 e. The van der Waals surface area contributed by atoms with E-state index in [1.165, 1.54) is 6.07 Å². The van der Waals surface area contributed by atoms with Gasteiger partial charge in [-0.15, -0.1) is 0 Å². The van der Waals surface area contributed by atoms with Gasteiger partial charge >= 0.3 is 6.18 Å². The van der Waals surface area contributed by atoms with E-state index in [4.69, 9.17) is 5.73 Å². The lowest BCUT2D eigenvalue weighted by atomic mass is 10.0. The standard InChI is InChI=1S/C21H13BrF3N3/c22-15-9-5-4-8-13(15)18-11-16(26)19-14(21(23,24)25)10-17(27-20(19)28-18)12-6-2-1-3-7-12/h1-11H,(H2,26,27,28).